The maximum absolute atomic E-state index is 7.84. The van der Waals surface area contributed by atoms with Gasteiger partial charge in [0.15, 0.2) is 11.3 Å². The molecule has 3 heteroatoms. The Balaban J connectivity index is 1.29. The van der Waals surface area contributed by atoms with Crippen molar-refractivity contribution in [3.8, 4) is 44.9 Å². The topological polar surface area (TPSA) is 22.8 Å². The van der Waals surface area contributed by atoms with E-state index in [0.717, 1.165) is 46.4 Å². The van der Waals surface area contributed by atoms with E-state index in [4.69, 9.17) is 16.0 Å². The Morgan fingerprint density at radius 2 is 1.33 bits per heavy atom. The van der Waals surface area contributed by atoms with E-state index >= 15 is 0 Å². The third kappa shape index (κ3) is 3.77. The van der Waals surface area contributed by atoms with E-state index in [2.05, 4.69) is 134 Å². The summed E-state index contributed by atoms with van der Waals surface area (Å²) in [7, 11) is 1.71. The van der Waals surface area contributed by atoms with Crippen LogP contribution in [-0.4, -0.2) is 7.11 Å². The lowest BCUT2D eigenvalue weighted by atomic mass is 9.71. The highest BCUT2D eigenvalue weighted by Crippen LogP contribution is 2.61. The molecular formula is C48H35NO2. The predicted molar refractivity (Wildman–Crippen MR) is 209 cm³/mol. The van der Waals surface area contributed by atoms with Crippen LogP contribution in [0.4, 0.5) is 5.69 Å². The Kier molecular flexibility index (Phi) is 6.24. The van der Waals surface area contributed by atoms with Gasteiger partial charge in [0, 0.05) is 27.5 Å². The Labute approximate surface area is 298 Å². The first kappa shape index (κ1) is 29.8. The predicted octanol–water partition coefficient (Wildman–Crippen LogP) is 12.6. The summed E-state index contributed by atoms with van der Waals surface area (Å²) in [6.45, 7) is 12.4. The van der Waals surface area contributed by atoms with Crippen molar-refractivity contribution in [3.05, 3.63) is 167 Å². The van der Waals surface area contributed by atoms with Crippen molar-refractivity contribution < 1.29 is 9.47 Å². The van der Waals surface area contributed by atoms with Gasteiger partial charge in [0.05, 0.1) is 13.7 Å². The van der Waals surface area contributed by atoms with E-state index in [-0.39, 0.29) is 5.41 Å². The molecule has 0 bridgehead atoms. The van der Waals surface area contributed by atoms with Crippen molar-refractivity contribution in [1.29, 1.82) is 0 Å². The zero-order valence-electron chi connectivity index (χ0n) is 28.9. The Hall–Kier alpha value is -6.11. The second kappa shape index (κ2) is 10.7. The number of rotatable bonds is 5. The van der Waals surface area contributed by atoms with Gasteiger partial charge in [-0.2, -0.15) is 0 Å². The highest BCUT2D eigenvalue weighted by Gasteiger charge is 2.47. The molecule has 0 spiro atoms. The first-order valence-corrected chi connectivity index (χ1v) is 17.9. The summed E-state index contributed by atoms with van der Waals surface area (Å²) >= 11 is 0. The molecule has 3 nitrogen and oxygen atoms in total. The Bertz CT molecular complexity index is 2660. The largest absolute Gasteiger partial charge is 0.497 e. The summed E-state index contributed by atoms with van der Waals surface area (Å²) in [4.78, 5) is 3.85. The molecule has 0 fully saturated rings. The van der Waals surface area contributed by atoms with Gasteiger partial charge in [-0.3, -0.25) is 0 Å². The molecule has 51 heavy (non-hydrogen) atoms. The Morgan fingerprint density at radius 3 is 2.06 bits per heavy atom. The van der Waals surface area contributed by atoms with Crippen LogP contribution < -0.4 is 9.47 Å². The molecule has 3 aliphatic rings. The maximum atomic E-state index is 7.84. The van der Waals surface area contributed by atoms with Crippen LogP contribution in [0.1, 0.15) is 54.5 Å². The van der Waals surface area contributed by atoms with E-state index in [9.17, 15) is 0 Å². The van der Waals surface area contributed by atoms with Gasteiger partial charge in [0.1, 0.15) is 11.5 Å². The molecule has 0 N–H and O–H groups in total. The highest BCUT2D eigenvalue weighted by atomic mass is 16.5. The van der Waals surface area contributed by atoms with Gasteiger partial charge < -0.3 is 9.47 Å². The maximum Gasteiger partial charge on any atom is 0.187 e. The minimum Gasteiger partial charge on any atom is -0.497 e. The van der Waals surface area contributed by atoms with Crippen LogP contribution in [0.3, 0.4) is 0 Å². The lowest BCUT2D eigenvalue weighted by Crippen LogP contribution is -2.35. The quantitative estimate of drug-likeness (QED) is 0.172. The smallest absolute Gasteiger partial charge is 0.187 e. The minimum absolute atomic E-state index is 0.249. The lowest BCUT2D eigenvalue weighted by molar-refractivity contribution is 0.164. The molecule has 0 amide bonds. The summed E-state index contributed by atoms with van der Waals surface area (Å²) in [5.41, 5.74) is 12.9. The molecule has 0 radical (unpaired) electrons. The first-order valence-electron chi connectivity index (χ1n) is 17.9. The van der Waals surface area contributed by atoms with E-state index in [1.165, 1.54) is 60.7 Å². The van der Waals surface area contributed by atoms with E-state index in [1.54, 1.807) is 7.11 Å². The molecule has 0 saturated carbocycles. The van der Waals surface area contributed by atoms with Gasteiger partial charge >= 0.3 is 0 Å². The molecule has 10 rings (SSSR count). The van der Waals surface area contributed by atoms with Gasteiger partial charge in [-0.15, -0.1) is 0 Å². The van der Waals surface area contributed by atoms with Gasteiger partial charge in [0.2, 0.25) is 0 Å². The molecule has 244 valence electrons. The minimum atomic E-state index is -0.925. The number of ether oxygens (including phenoxy) is 2. The normalized spacial score (nSPS) is 17.0. The van der Waals surface area contributed by atoms with Crippen LogP contribution in [0.2, 0.25) is 0 Å². The van der Waals surface area contributed by atoms with Gasteiger partial charge in [-0.25, -0.2) is 4.85 Å². The molecule has 0 aromatic heterocycles. The van der Waals surface area contributed by atoms with E-state index in [0.29, 0.717) is 5.69 Å². The number of nitrogens with zero attached hydrogens (tertiary/aromatic N) is 1. The van der Waals surface area contributed by atoms with Crippen LogP contribution >= 0.6 is 0 Å². The van der Waals surface area contributed by atoms with Crippen LogP contribution in [0.15, 0.2) is 127 Å². The molecule has 1 unspecified atom stereocenters. The number of hydrogen-bond acceptors (Lipinski definition) is 2. The van der Waals surface area contributed by atoms with Crippen molar-refractivity contribution in [2.75, 3.05) is 7.11 Å². The van der Waals surface area contributed by atoms with Crippen LogP contribution in [0.25, 0.3) is 65.8 Å². The molecular weight excluding hydrogens is 623 g/mol. The van der Waals surface area contributed by atoms with Crippen LogP contribution in [-0.2, 0) is 11.0 Å². The van der Waals surface area contributed by atoms with Crippen molar-refractivity contribution in [2.45, 2.75) is 37.7 Å². The standard InChI is InChI=1S/C48H35NO2/c1-5-47(6-2)42-28-30(49-3)20-23-39(42)44-35-14-9-10-15-37(35)46-40(45(44)47)26-27-48(51-46,29-18-21-31(50-4)22-19-29)41-25-24-36-33-13-8-7-12-32(33)34-16-11-17-38(41)43(34)36/h7-28H,5-6H2,1-2,4H3. The van der Waals surface area contributed by atoms with Gasteiger partial charge in [0.25, 0.3) is 0 Å². The van der Waals surface area contributed by atoms with Crippen molar-refractivity contribution in [1.82, 2.24) is 0 Å². The third-order valence-electron chi connectivity index (χ3n) is 12.0. The Morgan fingerprint density at radius 1 is 0.667 bits per heavy atom. The fourth-order valence-corrected chi connectivity index (χ4v) is 9.63. The van der Waals surface area contributed by atoms with Crippen molar-refractivity contribution in [3.63, 3.8) is 0 Å². The van der Waals surface area contributed by atoms with E-state index < -0.39 is 5.60 Å². The summed E-state index contributed by atoms with van der Waals surface area (Å²) in [6.07, 6.45) is 6.47. The number of benzene rings is 7. The molecule has 2 aliphatic carbocycles. The summed E-state index contributed by atoms with van der Waals surface area (Å²) in [5, 5.41) is 4.73. The van der Waals surface area contributed by atoms with Gasteiger partial charge in [-0.1, -0.05) is 129 Å². The number of hydrogen-bond donors (Lipinski definition) is 0. The molecule has 7 aromatic rings. The zero-order chi connectivity index (χ0) is 34.5. The lowest BCUT2D eigenvalue weighted by Gasteiger charge is -2.40. The molecule has 0 saturated heterocycles. The SMILES string of the molecule is [C-]#[N+]c1ccc2c(c1)C(CC)(CC)c1c3c(c4ccccc4c1-2)OC(c1ccc(OC)cc1)(c1ccc2c4c(cccc14)-c1ccccc1-2)C=C3. The van der Waals surface area contributed by atoms with Crippen LogP contribution in [0.5, 0.6) is 11.5 Å². The molecule has 1 atom stereocenters. The molecule has 1 heterocycles. The fourth-order valence-electron chi connectivity index (χ4n) is 9.63. The average Bonchev–Trinajstić information content (AvgIpc) is 3.69. The average molecular weight is 658 g/mol. The second-order valence-corrected chi connectivity index (χ2v) is 14.0. The van der Waals surface area contributed by atoms with Crippen molar-refractivity contribution in [2.24, 2.45) is 0 Å². The summed E-state index contributed by atoms with van der Waals surface area (Å²) < 4.78 is 13.4. The number of fused-ring (bicyclic) bond motifs is 11. The van der Waals surface area contributed by atoms with E-state index in [1.807, 2.05) is 18.2 Å². The monoisotopic (exact) mass is 657 g/mol. The third-order valence-corrected chi connectivity index (χ3v) is 12.0. The zero-order valence-corrected chi connectivity index (χ0v) is 28.9. The summed E-state index contributed by atoms with van der Waals surface area (Å²) in [5.74, 6) is 1.71. The van der Waals surface area contributed by atoms with Gasteiger partial charge in [-0.05, 0) is 91.7 Å². The first-order chi connectivity index (χ1) is 25.1. The second-order valence-electron chi connectivity index (χ2n) is 14.0. The summed E-state index contributed by atoms with van der Waals surface area (Å²) in [6, 6.07) is 43.3. The fraction of sp³-hybridized carbons (Fsp3) is 0.146. The molecule has 7 aromatic carbocycles. The highest BCUT2D eigenvalue weighted by molar-refractivity contribution is 6.16. The van der Waals surface area contributed by atoms with Crippen LogP contribution in [0, 0.1) is 6.57 Å². The molecule has 1 aliphatic heterocycles. The number of methoxy groups -OCH3 is 1. The van der Waals surface area contributed by atoms with Crippen molar-refractivity contribution >= 4 is 33.3 Å².